The molecule has 8 aromatic rings. The number of thiazole rings is 2. The first-order chi connectivity index (χ1) is 34.6. The Labute approximate surface area is 433 Å². The summed E-state index contributed by atoms with van der Waals surface area (Å²) < 4.78 is 92.0. The maximum absolute atomic E-state index is 13.6. The number of nitrogens with zero attached hydrogens (tertiary/aromatic N) is 10. The van der Waals surface area contributed by atoms with Crippen LogP contribution in [0.25, 0.3) is 34.2 Å². The smallest absolute Gasteiger partial charge is 0.170 e. The number of ether oxygens (including phenoxy) is 6. The van der Waals surface area contributed by atoms with Gasteiger partial charge in [0.1, 0.15) is 76.8 Å². The monoisotopic (exact) mass is 1100 g/mol. The first-order valence-electron chi connectivity index (χ1n) is 21.4. The topological polar surface area (TPSA) is 237 Å². The third-order valence-corrected chi connectivity index (χ3v) is 17.6. The standard InChI is InChI=1S/2C23H24ClN5O5S2/c2*1-14(21(34-4)23-26-12-18(24)35-23)36(30,31)13-19-27-28-22(15-7-6-10-25-11-15)29(19)20-16(32-2)8-5-9-17(20)33-3/h2*5-12,14,21H,13H2,1-4H3/t2*14-,21-/m10/s1. The fourth-order valence-corrected chi connectivity index (χ4v) is 12.8. The third kappa shape index (κ3) is 11.5. The lowest BCUT2D eigenvalue weighted by molar-refractivity contribution is 0.102. The van der Waals surface area contributed by atoms with Crippen molar-refractivity contribution >= 4 is 65.5 Å². The summed E-state index contributed by atoms with van der Waals surface area (Å²) in [7, 11) is 1.31. The van der Waals surface area contributed by atoms with Crippen LogP contribution in [0.3, 0.4) is 0 Å². The van der Waals surface area contributed by atoms with Gasteiger partial charge in [-0.15, -0.1) is 43.1 Å². The number of para-hydroxylation sites is 2. The molecular weight excluding hydrogens is 1050 g/mol. The molecule has 0 spiro atoms. The summed E-state index contributed by atoms with van der Waals surface area (Å²) in [6.07, 6.45) is 7.85. The zero-order chi connectivity index (χ0) is 51.7. The highest BCUT2D eigenvalue weighted by Gasteiger charge is 2.37. The van der Waals surface area contributed by atoms with Crippen molar-refractivity contribution in [3.8, 4) is 57.1 Å². The molecule has 6 heterocycles. The number of halogens is 2. The molecule has 0 saturated heterocycles. The van der Waals surface area contributed by atoms with Crippen LogP contribution >= 0.6 is 45.9 Å². The second-order valence-electron chi connectivity index (χ2n) is 15.4. The fraction of sp³-hybridized carbons (Fsp3) is 0.304. The van der Waals surface area contributed by atoms with Gasteiger partial charge in [0.15, 0.2) is 43.0 Å². The van der Waals surface area contributed by atoms with Crippen LogP contribution in [0.5, 0.6) is 23.0 Å². The van der Waals surface area contributed by atoms with Crippen LogP contribution in [0, 0.1) is 0 Å². The van der Waals surface area contributed by atoms with Crippen LogP contribution in [0.4, 0.5) is 0 Å². The highest BCUT2D eigenvalue weighted by atomic mass is 35.5. The molecule has 20 nitrogen and oxygen atoms in total. The van der Waals surface area contributed by atoms with Crippen molar-refractivity contribution in [1.29, 1.82) is 0 Å². The van der Waals surface area contributed by atoms with Crippen LogP contribution < -0.4 is 18.9 Å². The SMILES string of the molecule is COc1cccc(OC)c1-n1c(CS(=O)(=O)[C@@H](C)[C@H](OC)c2ncc(Cl)s2)nnc1-c1cccnc1.COc1cccc(OC)c1-n1c(CS(=O)(=O)[C@H](C)[C@@H](OC)c2ncc(Cl)s2)nnc1-c1cccnc1. The molecule has 0 bridgehead atoms. The Morgan fingerprint density at radius 3 is 1.17 bits per heavy atom. The van der Waals surface area contributed by atoms with Gasteiger partial charge < -0.3 is 28.4 Å². The molecule has 0 radical (unpaired) electrons. The first kappa shape index (κ1) is 53.7. The molecule has 0 aliphatic carbocycles. The summed E-state index contributed by atoms with van der Waals surface area (Å²) >= 11 is 14.4. The minimum atomic E-state index is -3.82. The van der Waals surface area contributed by atoms with Crippen molar-refractivity contribution in [3.63, 3.8) is 0 Å². The first-order valence-corrected chi connectivity index (χ1v) is 27.3. The number of rotatable bonds is 20. The molecule has 72 heavy (non-hydrogen) atoms. The minimum Gasteiger partial charge on any atom is -0.494 e. The Morgan fingerprint density at radius 2 is 0.889 bits per heavy atom. The maximum atomic E-state index is 13.6. The van der Waals surface area contributed by atoms with Gasteiger partial charge in [0.25, 0.3) is 0 Å². The van der Waals surface area contributed by atoms with Crippen LogP contribution in [-0.2, 0) is 40.7 Å². The Hall–Kier alpha value is -6.12. The molecule has 0 fully saturated rings. The molecule has 0 unspecified atom stereocenters. The minimum absolute atomic E-state index is 0.176. The van der Waals surface area contributed by atoms with Crippen molar-refractivity contribution in [1.82, 2.24) is 49.5 Å². The van der Waals surface area contributed by atoms with E-state index >= 15 is 0 Å². The molecule has 6 aromatic heterocycles. The van der Waals surface area contributed by atoms with Crippen LogP contribution in [0.1, 0.15) is 47.7 Å². The van der Waals surface area contributed by atoms with E-state index in [1.807, 2.05) is 12.1 Å². The molecule has 4 atom stereocenters. The average Bonchev–Trinajstić information content (AvgIpc) is 4.22. The lowest BCUT2D eigenvalue weighted by atomic mass is 10.2. The van der Waals surface area contributed by atoms with E-state index in [1.165, 1.54) is 77.7 Å². The van der Waals surface area contributed by atoms with E-state index in [0.29, 0.717) is 75.8 Å². The molecular formula is C46H48Cl2N10O10S4. The van der Waals surface area contributed by atoms with Gasteiger partial charge in [-0.05, 0) is 62.4 Å². The number of methoxy groups -OCH3 is 6. The number of aromatic nitrogens is 10. The molecule has 2 aromatic carbocycles. The molecule has 8 rings (SSSR count). The number of hydrogen-bond donors (Lipinski definition) is 0. The molecule has 0 amide bonds. The van der Waals surface area contributed by atoms with Gasteiger partial charge in [0, 0.05) is 50.1 Å². The van der Waals surface area contributed by atoms with Gasteiger partial charge in [-0.25, -0.2) is 26.8 Å². The maximum Gasteiger partial charge on any atom is 0.170 e. The van der Waals surface area contributed by atoms with E-state index in [1.54, 1.807) is 96.3 Å². The Balaban J connectivity index is 0.000000211. The van der Waals surface area contributed by atoms with Crippen molar-refractivity contribution in [3.05, 3.63) is 128 Å². The molecule has 0 saturated carbocycles. The normalized spacial score (nSPS) is 13.4. The number of benzene rings is 2. The van der Waals surface area contributed by atoms with E-state index < -0.39 is 53.9 Å². The summed E-state index contributed by atoms with van der Waals surface area (Å²) in [6, 6.07) is 17.7. The number of pyridine rings is 2. The van der Waals surface area contributed by atoms with E-state index in [0.717, 1.165) is 0 Å². The lowest BCUT2D eigenvalue weighted by Gasteiger charge is -2.21. The summed E-state index contributed by atoms with van der Waals surface area (Å²) in [4.78, 5) is 16.7. The zero-order valence-corrected chi connectivity index (χ0v) is 44.7. The molecule has 0 N–H and O–H groups in total. The largest absolute Gasteiger partial charge is 0.494 e. The van der Waals surface area contributed by atoms with Crippen LogP contribution in [0.15, 0.2) is 97.8 Å². The van der Waals surface area contributed by atoms with Crippen molar-refractivity contribution in [2.75, 3.05) is 42.7 Å². The van der Waals surface area contributed by atoms with Gasteiger partial charge >= 0.3 is 0 Å². The summed E-state index contributed by atoms with van der Waals surface area (Å²) in [5.41, 5.74) is 2.22. The average molecular weight is 1100 g/mol. The van der Waals surface area contributed by atoms with Gasteiger partial charge in [-0.3, -0.25) is 19.1 Å². The van der Waals surface area contributed by atoms with E-state index in [9.17, 15) is 16.8 Å². The molecule has 0 aliphatic heterocycles. The lowest BCUT2D eigenvalue weighted by Crippen LogP contribution is -2.29. The summed E-state index contributed by atoms with van der Waals surface area (Å²) in [5.74, 6) is 2.10. The third-order valence-electron chi connectivity index (χ3n) is 11.2. The van der Waals surface area contributed by atoms with Crippen LogP contribution in [-0.4, -0.2) is 119 Å². The number of hydrogen-bond acceptors (Lipinski definition) is 20. The van der Waals surface area contributed by atoms with Gasteiger partial charge in [0.05, 0.1) is 51.3 Å². The predicted molar refractivity (Wildman–Crippen MR) is 273 cm³/mol. The Morgan fingerprint density at radius 1 is 0.528 bits per heavy atom. The van der Waals surface area contributed by atoms with Crippen molar-refractivity contribution < 1.29 is 45.3 Å². The summed E-state index contributed by atoms with van der Waals surface area (Å²) in [6.45, 7) is 3.15. The highest BCUT2D eigenvalue weighted by molar-refractivity contribution is 7.91. The summed E-state index contributed by atoms with van der Waals surface area (Å²) in [5, 5.41) is 16.2. The quantitative estimate of drug-likeness (QED) is 0.0697. The highest BCUT2D eigenvalue weighted by Crippen LogP contribution is 2.40. The van der Waals surface area contributed by atoms with Gasteiger partial charge in [0.2, 0.25) is 0 Å². The Kier molecular flexibility index (Phi) is 17.6. The van der Waals surface area contributed by atoms with E-state index in [4.69, 9.17) is 51.6 Å². The van der Waals surface area contributed by atoms with Crippen molar-refractivity contribution in [2.45, 2.75) is 48.1 Å². The zero-order valence-electron chi connectivity index (χ0n) is 39.9. The second kappa shape index (κ2) is 23.6. The van der Waals surface area contributed by atoms with Crippen molar-refractivity contribution in [2.24, 2.45) is 0 Å². The van der Waals surface area contributed by atoms with Crippen LogP contribution in [0.2, 0.25) is 8.67 Å². The van der Waals surface area contributed by atoms with E-state index in [-0.39, 0.29) is 11.6 Å². The predicted octanol–water partition coefficient (Wildman–Crippen LogP) is 8.29. The van der Waals surface area contributed by atoms with Gasteiger partial charge in [-0.2, -0.15) is 0 Å². The van der Waals surface area contributed by atoms with E-state index in [2.05, 4.69) is 40.3 Å². The second-order valence-corrected chi connectivity index (χ2v) is 23.5. The molecule has 0 aliphatic rings. The molecule has 380 valence electrons. The molecule has 26 heteroatoms. The Bertz CT molecular complexity index is 3060. The fourth-order valence-electron chi connectivity index (χ4n) is 7.54. The van der Waals surface area contributed by atoms with Gasteiger partial charge in [-0.1, -0.05) is 35.3 Å². The number of sulfone groups is 2.